The summed E-state index contributed by atoms with van der Waals surface area (Å²) in [5, 5.41) is 3.11. The maximum absolute atomic E-state index is 12.8. The van der Waals surface area contributed by atoms with Gasteiger partial charge in [-0.15, -0.1) is 0 Å². The Kier molecular flexibility index (Phi) is 5.13. The number of benzene rings is 2. The van der Waals surface area contributed by atoms with Crippen LogP contribution in [0.25, 0.3) is 21.5 Å². The van der Waals surface area contributed by atoms with Gasteiger partial charge in [-0.1, -0.05) is 57.0 Å². The van der Waals surface area contributed by atoms with E-state index in [9.17, 15) is 4.57 Å². The second-order valence-electron chi connectivity index (χ2n) is 6.16. The van der Waals surface area contributed by atoms with E-state index in [1.54, 1.807) is 0 Å². The zero-order valence-electron chi connectivity index (χ0n) is 14.0. The van der Waals surface area contributed by atoms with Crippen LogP contribution in [0.1, 0.15) is 50.7 Å². The van der Waals surface area contributed by atoms with Crippen LogP contribution >= 0.6 is 7.65 Å². The number of aryl methyl sites for hydroxylation is 2. The summed E-state index contributed by atoms with van der Waals surface area (Å²) in [5.41, 5.74) is 3.19. The molecule has 0 fully saturated rings. The van der Waals surface area contributed by atoms with Crippen LogP contribution in [0.5, 0.6) is 0 Å². The molecule has 1 aromatic heterocycles. The van der Waals surface area contributed by atoms with E-state index in [4.69, 9.17) is 4.20 Å². The van der Waals surface area contributed by atoms with Crippen LogP contribution < -0.4 is 0 Å². The van der Waals surface area contributed by atoms with Gasteiger partial charge in [0.25, 0.3) is 0 Å². The molecule has 120 valence electrons. The number of hydrogen-bond donors (Lipinski definition) is 0. The molecule has 0 amide bonds. The highest BCUT2D eigenvalue weighted by molar-refractivity contribution is 7.37. The topological polar surface area (TPSA) is 30.2 Å². The largest absolute Gasteiger partial charge is 0.598 e. The van der Waals surface area contributed by atoms with Gasteiger partial charge in [0.15, 0.2) is 5.58 Å². The Bertz CT molecular complexity index is 880. The van der Waals surface area contributed by atoms with Crippen LogP contribution in [0.2, 0.25) is 0 Å². The molecule has 3 aromatic rings. The molecule has 2 nitrogen and oxygen atoms in total. The minimum Gasteiger partial charge on any atom is -0.249 e. The first-order valence-electron chi connectivity index (χ1n) is 8.65. The lowest BCUT2D eigenvalue weighted by molar-refractivity contribution is 0.562. The molecule has 0 aliphatic heterocycles. The molecule has 1 heterocycles. The lowest BCUT2D eigenvalue weighted by Gasteiger charge is -2.05. The van der Waals surface area contributed by atoms with Crippen molar-refractivity contribution in [1.82, 2.24) is 0 Å². The number of unbranched alkanes of at least 4 members (excludes halogenated alkanes) is 2. The van der Waals surface area contributed by atoms with Crippen molar-refractivity contribution in [2.45, 2.75) is 52.4 Å². The van der Waals surface area contributed by atoms with Crippen molar-refractivity contribution >= 4 is 29.1 Å². The molecule has 0 aliphatic carbocycles. The number of rotatable bonds is 6. The monoisotopic (exact) mass is 327 g/mol. The van der Waals surface area contributed by atoms with E-state index in [-0.39, 0.29) is 0 Å². The Morgan fingerprint density at radius 3 is 2.17 bits per heavy atom. The normalized spacial score (nSPS) is 12.2. The fourth-order valence-corrected chi connectivity index (χ4v) is 4.48. The molecule has 0 spiro atoms. The van der Waals surface area contributed by atoms with E-state index in [1.807, 2.05) is 0 Å². The average Bonchev–Trinajstić information content (AvgIpc) is 2.58. The maximum atomic E-state index is 12.8. The molecule has 0 radical (unpaired) electrons. The van der Waals surface area contributed by atoms with E-state index in [0.717, 1.165) is 60.0 Å². The highest BCUT2D eigenvalue weighted by Gasteiger charge is 2.21. The third-order valence-electron chi connectivity index (χ3n) is 4.46. The molecule has 23 heavy (non-hydrogen) atoms. The lowest BCUT2D eigenvalue weighted by atomic mass is 10.0. The molecule has 1 atom stereocenters. The Morgan fingerprint density at radius 2 is 1.48 bits per heavy atom. The van der Waals surface area contributed by atoms with Gasteiger partial charge in [0, 0.05) is 21.9 Å². The highest BCUT2D eigenvalue weighted by Crippen LogP contribution is 2.39. The smallest absolute Gasteiger partial charge is 0.249 e. The van der Waals surface area contributed by atoms with Gasteiger partial charge in [-0.05, 0) is 36.3 Å². The summed E-state index contributed by atoms with van der Waals surface area (Å²) in [7, 11) is -1.81. The van der Waals surface area contributed by atoms with Gasteiger partial charge in [0.05, 0.1) is 0 Å². The molecular weight excluding hydrogens is 303 g/mol. The van der Waals surface area contributed by atoms with E-state index >= 15 is 0 Å². The summed E-state index contributed by atoms with van der Waals surface area (Å²) in [5.74, 6) is 0. The fraction of sp³-hybridized carbons (Fsp3) is 0.400. The molecule has 3 heteroatoms. The minimum atomic E-state index is -1.81. The number of hydrogen-bond acceptors (Lipinski definition) is 2. The molecule has 3 rings (SSSR count). The predicted octanol–water partition coefficient (Wildman–Crippen LogP) is 7.01. The molecule has 0 saturated heterocycles. The van der Waals surface area contributed by atoms with Gasteiger partial charge >= 0.3 is 7.65 Å². The van der Waals surface area contributed by atoms with Crippen molar-refractivity contribution in [3.05, 3.63) is 47.5 Å². The molecule has 0 saturated carbocycles. The van der Waals surface area contributed by atoms with Crippen LogP contribution in [0.15, 0.2) is 40.6 Å². The van der Waals surface area contributed by atoms with Gasteiger partial charge in [0.2, 0.25) is 5.12 Å². The standard InChI is InChI=1S/C20H24O2P/c1-3-5-9-15-11-7-13-17-18-14-8-12-16(10-6-4-2)20(18)23(21)22-19(15)17/h7-8,11-14H,3-6,9-10H2,1-2H3/q+1. The molecule has 0 bridgehead atoms. The molecule has 1 unspecified atom stereocenters. The van der Waals surface area contributed by atoms with Gasteiger partial charge in [-0.2, -0.15) is 0 Å². The van der Waals surface area contributed by atoms with Gasteiger partial charge < -0.3 is 0 Å². The van der Waals surface area contributed by atoms with Crippen molar-refractivity contribution in [3.63, 3.8) is 0 Å². The van der Waals surface area contributed by atoms with Crippen LogP contribution in [0.3, 0.4) is 0 Å². The van der Waals surface area contributed by atoms with Crippen LogP contribution in [0.4, 0.5) is 0 Å². The molecule has 2 aromatic carbocycles. The first-order valence-corrected chi connectivity index (χ1v) is 9.83. The van der Waals surface area contributed by atoms with E-state index in [2.05, 4.69) is 50.2 Å². The minimum absolute atomic E-state index is 0.835. The van der Waals surface area contributed by atoms with Gasteiger partial charge in [0.1, 0.15) is 0 Å². The first-order chi connectivity index (χ1) is 11.3. The highest BCUT2D eigenvalue weighted by atomic mass is 31.1. The summed E-state index contributed by atoms with van der Waals surface area (Å²) < 4.78 is 18.7. The van der Waals surface area contributed by atoms with Crippen LogP contribution in [-0.2, 0) is 17.4 Å². The fourth-order valence-electron chi connectivity index (χ4n) is 3.19. The van der Waals surface area contributed by atoms with Crippen molar-refractivity contribution in [1.29, 1.82) is 0 Å². The Morgan fingerprint density at radius 1 is 0.870 bits per heavy atom. The predicted molar refractivity (Wildman–Crippen MR) is 98.6 cm³/mol. The third kappa shape index (κ3) is 3.19. The second kappa shape index (κ2) is 7.27. The second-order valence-corrected chi connectivity index (χ2v) is 7.31. The SMILES string of the molecule is CCCCc1cccc2c1o[p+](=O)c1c(CCCC)cccc21. The number of para-hydroxylation sites is 1. The van der Waals surface area contributed by atoms with Crippen LogP contribution in [-0.4, -0.2) is 0 Å². The summed E-state index contributed by atoms with van der Waals surface area (Å²) in [4.78, 5) is 0. The maximum Gasteiger partial charge on any atom is 0.598 e. The Balaban J connectivity index is 2.26. The average molecular weight is 327 g/mol. The van der Waals surface area contributed by atoms with E-state index in [0.29, 0.717) is 0 Å². The molecular formula is C20H24O2P+. The summed E-state index contributed by atoms with van der Waals surface area (Å²) in [6.45, 7) is 4.37. The van der Waals surface area contributed by atoms with Crippen molar-refractivity contribution in [2.75, 3.05) is 0 Å². The lowest BCUT2D eigenvalue weighted by Crippen LogP contribution is -1.90. The summed E-state index contributed by atoms with van der Waals surface area (Å²) in [6, 6.07) is 12.5. The van der Waals surface area contributed by atoms with Crippen molar-refractivity contribution in [3.8, 4) is 0 Å². The summed E-state index contributed by atoms with van der Waals surface area (Å²) >= 11 is 0. The molecule has 0 aliphatic rings. The van der Waals surface area contributed by atoms with Crippen molar-refractivity contribution < 1.29 is 8.76 Å². The Hall–Kier alpha value is -1.66. The van der Waals surface area contributed by atoms with Gasteiger partial charge in [-0.3, -0.25) is 0 Å². The quantitative estimate of drug-likeness (QED) is 0.456. The number of fused-ring (bicyclic) bond motifs is 3. The first kappa shape index (κ1) is 16.2. The molecule has 0 N–H and O–H groups in total. The van der Waals surface area contributed by atoms with Gasteiger partial charge in [-0.25, -0.2) is 4.20 Å². The third-order valence-corrected chi connectivity index (χ3v) is 5.70. The summed E-state index contributed by atoms with van der Waals surface area (Å²) in [6.07, 6.45) is 6.47. The van der Waals surface area contributed by atoms with E-state index < -0.39 is 7.65 Å². The van der Waals surface area contributed by atoms with E-state index in [1.165, 1.54) is 11.1 Å². The Labute approximate surface area is 138 Å². The zero-order valence-corrected chi connectivity index (χ0v) is 14.9. The van der Waals surface area contributed by atoms with Crippen molar-refractivity contribution in [2.24, 2.45) is 0 Å². The zero-order chi connectivity index (χ0) is 16.2. The van der Waals surface area contributed by atoms with Crippen LogP contribution in [0, 0.1) is 0 Å².